The molecule has 0 aliphatic carbocycles. The maximum Gasteiger partial charge on any atom is 0.435 e. The standard InChI is InChI=1S/C21H16Cl3F3N2O4S/c1-10-4-11(2-3-14(10)19(30)28-13-8-34(31,32)9-13)17-7-20(33-29-17,21(25,26)27)12-5-15(22)18(24)16(23)6-12/h2-6,13H,7-9H2,1H3,(H-,28,30,31,32)/p+1/t20-/m0/s1. The number of oxime groups is 1. The molecule has 13 heteroatoms. The Kier molecular flexibility index (Phi) is 6.44. The molecule has 6 nitrogen and oxygen atoms in total. The van der Waals surface area contributed by atoms with Gasteiger partial charge in [0, 0.05) is 17.5 Å². The van der Waals surface area contributed by atoms with Crippen LogP contribution in [0.1, 0.15) is 33.5 Å². The quantitative estimate of drug-likeness (QED) is 0.378. The van der Waals surface area contributed by atoms with Gasteiger partial charge in [-0.1, -0.05) is 50.2 Å². The predicted octanol–water partition coefficient (Wildman–Crippen LogP) is 5.62. The summed E-state index contributed by atoms with van der Waals surface area (Å²) in [6, 6.07) is 6.15. The first-order valence-electron chi connectivity index (χ1n) is 9.83. The van der Waals surface area contributed by atoms with Gasteiger partial charge in [0.1, 0.15) is 6.04 Å². The van der Waals surface area contributed by atoms with Crippen LogP contribution in [0.5, 0.6) is 0 Å². The van der Waals surface area contributed by atoms with Crippen molar-refractivity contribution in [1.82, 2.24) is 5.32 Å². The van der Waals surface area contributed by atoms with E-state index in [1.54, 1.807) is 6.92 Å². The summed E-state index contributed by atoms with van der Waals surface area (Å²) in [5.41, 5.74) is -2.01. The van der Waals surface area contributed by atoms with Crippen LogP contribution in [0.25, 0.3) is 0 Å². The minimum Gasteiger partial charge on any atom is -0.374 e. The number of hydrogen-bond donors (Lipinski definition) is 2. The average molecular weight is 557 g/mol. The molecule has 0 radical (unpaired) electrons. The Morgan fingerprint density at radius 3 is 2.35 bits per heavy atom. The lowest BCUT2D eigenvalue weighted by Crippen LogP contribution is -2.55. The lowest BCUT2D eigenvalue weighted by molar-refractivity contribution is -0.275. The molecule has 1 fully saturated rings. The average Bonchev–Trinajstić information content (AvgIpc) is 3.17. The van der Waals surface area contributed by atoms with Crippen LogP contribution < -0.4 is 5.32 Å². The zero-order valence-electron chi connectivity index (χ0n) is 17.4. The molecule has 0 aromatic heterocycles. The number of amides is 1. The fraction of sp³-hybridized carbons (Fsp3) is 0.333. The fourth-order valence-electron chi connectivity index (χ4n) is 3.87. The summed E-state index contributed by atoms with van der Waals surface area (Å²) in [5, 5.41) is 5.99. The van der Waals surface area contributed by atoms with Gasteiger partial charge in [0.05, 0.1) is 20.8 Å². The van der Waals surface area contributed by atoms with Crippen LogP contribution in [-0.2, 0) is 24.9 Å². The van der Waals surface area contributed by atoms with E-state index < -0.39 is 40.4 Å². The SMILES string of the molecule is Cc1cc(C2=NO[C@@](c3cc(Cl)c(Cl)c(Cl)c3)(C(F)(F)F)C2)ccc1C(=O)NC1C[S+](=O)(O)C1. The van der Waals surface area contributed by atoms with Gasteiger partial charge in [-0.25, -0.2) is 0 Å². The molecule has 182 valence electrons. The van der Waals surface area contributed by atoms with Crippen molar-refractivity contribution in [3.8, 4) is 0 Å². The number of alkyl halides is 3. The van der Waals surface area contributed by atoms with Crippen molar-refractivity contribution in [1.29, 1.82) is 0 Å². The first-order chi connectivity index (χ1) is 15.7. The van der Waals surface area contributed by atoms with Crippen LogP contribution >= 0.6 is 34.8 Å². The summed E-state index contributed by atoms with van der Waals surface area (Å²) >= 11 is 17.8. The van der Waals surface area contributed by atoms with Crippen molar-refractivity contribution < 1.29 is 31.6 Å². The maximum atomic E-state index is 14.2. The monoisotopic (exact) mass is 555 g/mol. The third kappa shape index (κ3) is 4.54. The van der Waals surface area contributed by atoms with Crippen molar-refractivity contribution in [2.45, 2.75) is 31.2 Å². The molecule has 34 heavy (non-hydrogen) atoms. The summed E-state index contributed by atoms with van der Waals surface area (Å²) in [6.07, 6.45) is -5.51. The van der Waals surface area contributed by atoms with Gasteiger partial charge in [-0.15, -0.1) is 0 Å². The molecule has 0 unspecified atom stereocenters. The summed E-state index contributed by atoms with van der Waals surface area (Å²) in [5.74, 6) is -0.464. The van der Waals surface area contributed by atoms with Crippen LogP contribution in [0.4, 0.5) is 13.2 Å². The second-order valence-electron chi connectivity index (χ2n) is 8.19. The lowest BCUT2D eigenvalue weighted by atomic mass is 9.86. The van der Waals surface area contributed by atoms with Crippen LogP contribution in [0.3, 0.4) is 0 Å². The van der Waals surface area contributed by atoms with Crippen molar-refractivity contribution in [2.24, 2.45) is 5.16 Å². The van der Waals surface area contributed by atoms with Crippen LogP contribution in [0, 0.1) is 6.92 Å². The molecule has 0 spiro atoms. The molecule has 2 heterocycles. The van der Waals surface area contributed by atoms with Gasteiger partial charge in [-0.2, -0.15) is 17.7 Å². The van der Waals surface area contributed by atoms with Gasteiger partial charge in [0.25, 0.3) is 11.5 Å². The first-order valence-corrected chi connectivity index (χ1v) is 12.8. The number of nitrogens with one attached hydrogen (secondary N) is 1. The second kappa shape index (κ2) is 8.67. The molecule has 2 aliphatic rings. The Morgan fingerprint density at radius 2 is 1.82 bits per heavy atom. The number of halogens is 6. The summed E-state index contributed by atoms with van der Waals surface area (Å²) in [4.78, 5) is 17.5. The van der Waals surface area contributed by atoms with E-state index in [2.05, 4.69) is 10.5 Å². The van der Waals surface area contributed by atoms with Gasteiger partial charge >= 0.3 is 6.18 Å². The van der Waals surface area contributed by atoms with E-state index in [0.29, 0.717) is 11.1 Å². The fourth-order valence-corrected chi connectivity index (χ4v) is 5.79. The molecule has 2 aromatic rings. The van der Waals surface area contributed by atoms with Gasteiger partial charge in [0.15, 0.2) is 11.5 Å². The first kappa shape index (κ1) is 25.2. The topological polar surface area (TPSA) is 88.0 Å². The summed E-state index contributed by atoms with van der Waals surface area (Å²) < 4.78 is 63.4. The van der Waals surface area contributed by atoms with Crippen LogP contribution in [0.15, 0.2) is 35.5 Å². The largest absolute Gasteiger partial charge is 0.435 e. The highest BCUT2D eigenvalue weighted by molar-refractivity contribution is 7.99. The molecule has 2 aliphatic heterocycles. The predicted molar refractivity (Wildman–Crippen MR) is 124 cm³/mol. The molecular weight excluding hydrogens is 540 g/mol. The Hall–Kier alpha value is -1.85. The van der Waals surface area contributed by atoms with E-state index in [-0.39, 0.29) is 43.4 Å². The highest BCUT2D eigenvalue weighted by atomic mass is 35.5. The minimum atomic E-state index is -4.86. The molecule has 1 amide bonds. The summed E-state index contributed by atoms with van der Waals surface area (Å²) in [7, 11) is -2.85. The number of nitrogens with zero attached hydrogens (tertiary/aromatic N) is 1. The molecule has 2 aromatic carbocycles. The van der Waals surface area contributed by atoms with Crippen LogP contribution in [0.2, 0.25) is 15.1 Å². The second-order valence-corrected chi connectivity index (χ2v) is 11.6. The van der Waals surface area contributed by atoms with E-state index in [1.165, 1.54) is 18.2 Å². The molecule has 0 saturated carbocycles. The number of aryl methyl sites for hydroxylation is 1. The Morgan fingerprint density at radius 1 is 1.21 bits per heavy atom. The van der Waals surface area contributed by atoms with Crippen molar-refractivity contribution in [3.63, 3.8) is 0 Å². The highest BCUT2D eigenvalue weighted by Gasteiger charge is 2.62. The number of carbonyl (C=O) groups excluding carboxylic acids is 1. The number of rotatable bonds is 4. The third-order valence-corrected chi connectivity index (χ3v) is 8.74. The van der Waals surface area contributed by atoms with Crippen molar-refractivity contribution in [2.75, 3.05) is 11.5 Å². The Bertz CT molecular complexity index is 1240. The van der Waals surface area contributed by atoms with E-state index in [1.807, 2.05) is 0 Å². The van der Waals surface area contributed by atoms with E-state index in [9.17, 15) is 26.7 Å². The number of benzene rings is 2. The highest BCUT2D eigenvalue weighted by Crippen LogP contribution is 2.50. The van der Waals surface area contributed by atoms with E-state index >= 15 is 0 Å². The minimum absolute atomic E-state index is 0.0116. The molecule has 2 N–H and O–H groups in total. The number of hydrogen-bond acceptors (Lipinski definition) is 4. The summed E-state index contributed by atoms with van der Waals surface area (Å²) in [6.45, 7) is 1.63. The molecular formula is C21H17Cl3F3N2O4S+. The van der Waals surface area contributed by atoms with Gasteiger partial charge in [-0.05, 0) is 42.3 Å². The van der Waals surface area contributed by atoms with Gasteiger partial charge in [-0.3, -0.25) is 4.79 Å². The van der Waals surface area contributed by atoms with E-state index in [0.717, 1.165) is 12.1 Å². The molecule has 0 bridgehead atoms. The normalized spacial score (nSPS) is 26.5. The zero-order valence-corrected chi connectivity index (χ0v) is 20.5. The Balaban J connectivity index is 1.58. The maximum absolute atomic E-state index is 14.2. The Labute approximate surface area is 208 Å². The molecule has 1 saturated heterocycles. The molecule has 4 rings (SSSR count). The van der Waals surface area contributed by atoms with Gasteiger partial charge < -0.3 is 10.2 Å². The van der Waals surface area contributed by atoms with Gasteiger partial charge in [0.2, 0.25) is 10.2 Å². The third-order valence-electron chi connectivity index (χ3n) is 5.70. The molecule has 1 atom stereocenters. The van der Waals surface area contributed by atoms with Crippen molar-refractivity contribution in [3.05, 3.63) is 67.7 Å². The smallest absolute Gasteiger partial charge is 0.374 e. The number of carbonyl (C=O) groups is 1. The van der Waals surface area contributed by atoms with Crippen LogP contribution in [-0.4, -0.2) is 39.9 Å². The lowest BCUT2D eigenvalue weighted by Gasteiger charge is -2.30. The van der Waals surface area contributed by atoms with E-state index in [4.69, 9.17) is 39.6 Å². The zero-order chi connectivity index (χ0) is 25.1. The van der Waals surface area contributed by atoms with Crippen molar-refractivity contribution >= 4 is 56.6 Å².